The lowest BCUT2D eigenvalue weighted by molar-refractivity contribution is 0.411. The first-order chi connectivity index (χ1) is 9.11. The van der Waals surface area contributed by atoms with Crippen molar-refractivity contribution in [2.75, 3.05) is 7.11 Å². The second-order valence-corrected chi connectivity index (χ2v) is 4.97. The molecule has 0 amide bonds. The van der Waals surface area contributed by atoms with Crippen LogP contribution >= 0.6 is 0 Å². The lowest BCUT2D eigenvalue weighted by Gasteiger charge is -2.17. The molecular weight excluding hydrogens is 234 g/mol. The van der Waals surface area contributed by atoms with Gasteiger partial charge in [-0.15, -0.1) is 0 Å². The fourth-order valence-corrected chi connectivity index (χ4v) is 2.41. The maximum Gasteiger partial charge on any atom is 0.122 e. The van der Waals surface area contributed by atoms with Gasteiger partial charge in [0.15, 0.2) is 0 Å². The zero-order valence-corrected chi connectivity index (χ0v) is 11.8. The van der Waals surface area contributed by atoms with Gasteiger partial charge in [0, 0.05) is 6.04 Å². The van der Waals surface area contributed by atoms with Crippen molar-refractivity contribution >= 4 is 0 Å². The van der Waals surface area contributed by atoms with E-state index in [1.54, 1.807) is 7.11 Å². The van der Waals surface area contributed by atoms with E-state index in [9.17, 15) is 0 Å². The summed E-state index contributed by atoms with van der Waals surface area (Å²) in [6.45, 7) is 4.14. The van der Waals surface area contributed by atoms with E-state index in [-0.39, 0.29) is 6.04 Å². The van der Waals surface area contributed by atoms with Crippen LogP contribution in [0.1, 0.15) is 28.3 Å². The maximum atomic E-state index is 6.35. The van der Waals surface area contributed by atoms with E-state index in [0.717, 1.165) is 17.7 Å². The van der Waals surface area contributed by atoms with Gasteiger partial charge in [0.25, 0.3) is 0 Å². The lowest BCUT2D eigenvalue weighted by atomic mass is 9.94. The largest absolute Gasteiger partial charge is 0.496 e. The topological polar surface area (TPSA) is 35.2 Å². The normalized spacial score (nSPS) is 12.2. The van der Waals surface area contributed by atoms with Crippen LogP contribution in [0.4, 0.5) is 0 Å². The first-order valence-corrected chi connectivity index (χ1v) is 6.56. The summed E-state index contributed by atoms with van der Waals surface area (Å²) < 4.78 is 5.34. The van der Waals surface area contributed by atoms with Crippen molar-refractivity contribution in [3.05, 3.63) is 64.7 Å². The molecular formula is C17H21NO. The van der Waals surface area contributed by atoms with Gasteiger partial charge < -0.3 is 10.5 Å². The molecule has 0 aromatic heterocycles. The summed E-state index contributed by atoms with van der Waals surface area (Å²) in [4.78, 5) is 0. The molecule has 0 fully saturated rings. The van der Waals surface area contributed by atoms with Gasteiger partial charge in [0.2, 0.25) is 0 Å². The van der Waals surface area contributed by atoms with Crippen LogP contribution in [0.2, 0.25) is 0 Å². The molecule has 1 unspecified atom stereocenters. The summed E-state index contributed by atoms with van der Waals surface area (Å²) in [7, 11) is 1.70. The van der Waals surface area contributed by atoms with E-state index in [1.807, 2.05) is 18.2 Å². The van der Waals surface area contributed by atoms with Crippen molar-refractivity contribution in [1.29, 1.82) is 0 Å². The fraction of sp³-hybridized carbons (Fsp3) is 0.294. The summed E-state index contributed by atoms with van der Waals surface area (Å²) in [5.41, 5.74) is 11.1. The minimum atomic E-state index is 0.0204. The molecule has 0 aliphatic heterocycles. The van der Waals surface area contributed by atoms with Gasteiger partial charge in [-0.05, 0) is 48.6 Å². The predicted molar refractivity (Wildman–Crippen MR) is 79.5 cm³/mol. The number of rotatable bonds is 4. The van der Waals surface area contributed by atoms with E-state index >= 15 is 0 Å². The molecule has 0 saturated heterocycles. The monoisotopic (exact) mass is 255 g/mol. The highest BCUT2D eigenvalue weighted by molar-refractivity contribution is 5.43. The molecule has 2 N–H and O–H groups in total. The van der Waals surface area contributed by atoms with Crippen LogP contribution in [-0.2, 0) is 6.42 Å². The van der Waals surface area contributed by atoms with Gasteiger partial charge in [-0.2, -0.15) is 0 Å². The summed E-state index contributed by atoms with van der Waals surface area (Å²) in [6.07, 6.45) is 0.855. The smallest absolute Gasteiger partial charge is 0.122 e. The number of ether oxygens (including phenoxy) is 1. The number of methoxy groups -OCH3 is 1. The van der Waals surface area contributed by atoms with Crippen LogP contribution in [0.25, 0.3) is 0 Å². The first-order valence-electron chi connectivity index (χ1n) is 6.56. The summed E-state index contributed by atoms with van der Waals surface area (Å²) in [5, 5.41) is 0. The number of hydrogen-bond donors (Lipinski definition) is 1. The molecule has 0 spiro atoms. The summed E-state index contributed by atoms with van der Waals surface area (Å²) in [6, 6.07) is 14.6. The molecule has 19 heavy (non-hydrogen) atoms. The Morgan fingerprint density at radius 1 is 1.05 bits per heavy atom. The van der Waals surface area contributed by atoms with Crippen molar-refractivity contribution in [3.63, 3.8) is 0 Å². The van der Waals surface area contributed by atoms with Crippen molar-refractivity contribution in [2.45, 2.75) is 26.3 Å². The molecule has 0 radical (unpaired) electrons. The quantitative estimate of drug-likeness (QED) is 0.906. The Balaban J connectivity index is 2.24. The molecule has 2 aromatic rings. The van der Waals surface area contributed by atoms with Gasteiger partial charge in [-0.25, -0.2) is 0 Å². The third kappa shape index (κ3) is 3.15. The van der Waals surface area contributed by atoms with Crippen LogP contribution in [0.5, 0.6) is 5.75 Å². The average molecular weight is 255 g/mol. The van der Waals surface area contributed by atoms with Crippen molar-refractivity contribution in [2.24, 2.45) is 5.73 Å². The van der Waals surface area contributed by atoms with Crippen LogP contribution in [0.15, 0.2) is 42.5 Å². The highest BCUT2D eigenvalue weighted by Gasteiger charge is 2.12. The van der Waals surface area contributed by atoms with Gasteiger partial charge in [0.1, 0.15) is 5.75 Å². The third-order valence-electron chi connectivity index (χ3n) is 3.48. The molecule has 2 rings (SSSR count). The van der Waals surface area contributed by atoms with E-state index in [1.165, 1.54) is 16.7 Å². The van der Waals surface area contributed by atoms with Crippen LogP contribution in [0.3, 0.4) is 0 Å². The Kier molecular flexibility index (Phi) is 4.23. The second kappa shape index (κ2) is 5.89. The van der Waals surface area contributed by atoms with Gasteiger partial charge in [-0.1, -0.05) is 36.4 Å². The van der Waals surface area contributed by atoms with Crippen LogP contribution in [-0.4, -0.2) is 7.11 Å². The molecule has 0 saturated carbocycles. The average Bonchev–Trinajstić information content (AvgIpc) is 2.42. The molecule has 0 bridgehead atoms. The van der Waals surface area contributed by atoms with E-state index in [2.05, 4.69) is 38.1 Å². The Hall–Kier alpha value is -1.80. The minimum Gasteiger partial charge on any atom is -0.496 e. The highest BCUT2D eigenvalue weighted by atomic mass is 16.5. The van der Waals surface area contributed by atoms with Gasteiger partial charge >= 0.3 is 0 Å². The summed E-state index contributed by atoms with van der Waals surface area (Å²) in [5.74, 6) is 0.924. The SMILES string of the molecule is COc1cc(C)c(C(N)Cc2ccccc2)cc1C. The Labute approximate surface area is 115 Å². The molecule has 100 valence electrons. The molecule has 1 atom stereocenters. The standard InChI is InChI=1S/C17H21NO/c1-12-10-17(19-3)13(2)9-15(12)16(18)11-14-7-5-4-6-8-14/h4-10,16H,11,18H2,1-3H3. The maximum absolute atomic E-state index is 6.35. The second-order valence-electron chi connectivity index (χ2n) is 4.97. The molecule has 2 aromatic carbocycles. The van der Waals surface area contributed by atoms with E-state index in [4.69, 9.17) is 10.5 Å². The number of nitrogens with two attached hydrogens (primary N) is 1. The minimum absolute atomic E-state index is 0.0204. The van der Waals surface area contributed by atoms with Gasteiger partial charge in [0.05, 0.1) is 7.11 Å². The molecule has 0 heterocycles. The zero-order valence-electron chi connectivity index (χ0n) is 11.8. The number of benzene rings is 2. The van der Waals surface area contributed by atoms with Crippen molar-refractivity contribution in [1.82, 2.24) is 0 Å². The van der Waals surface area contributed by atoms with Crippen LogP contribution in [0, 0.1) is 13.8 Å². The predicted octanol–water partition coefficient (Wildman–Crippen LogP) is 3.55. The van der Waals surface area contributed by atoms with Crippen molar-refractivity contribution < 1.29 is 4.74 Å². The Bertz CT molecular complexity index is 549. The van der Waals surface area contributed by atoms with E-state index in [0.29, 0.717) is 0 Å². The fourth-order valence-electron chi connectivity index (χ4n) is 2.41. The molecule has 0 aliphatic carbocycles. The molecule has 0 aliphatic rings. The first kappa shape index (κ1) is 13.6. The Morgan fingerprint density at radius 3 is 2.37 bits per heavy atom. The highest BCUT2D eigenvalue weighted by Crippen LogP contribution is 2.27. The third-order valence-corrected chi connectivity index (χ3v) is 3.48. The lowest BCUT2D eigenvalue weighted by Crippen LogP contribution is -2.15. The van der Waals surface area contributed by atoms with Gasteiger partial charge in [-0.3, -0.25) is 0 Å². The van der Waals surface area contributed by atoms with E-state index < -0.39 is 0 Å². The summed E-state index contributed by atoms with van der Waals surface area (Å²) >= 11 is 0. The van der Waals surface area contributed by atoms with Crippen LogP contribution < -0.4 is 10.5 Å². The van der Waals surface area contributed by atoms with Crippen molar-refractivity contribution in [3.8, 4) is 5.75 Å². The molecule has 2 nitrogen and oxygen atoms in total. The Morgan fingerprint density at radius 2 is 1.74 bits per heavy atom. The zero-order chi connectivity index (χ0) is 13.8. The number of hydrogen-bond acceptors (Lipinski definition) is 2. The molecule has 2 heteroatoms. The number of aryl methyl sites for hydroxylation is 2.